The second kappa shape index (κ2) is 10.4. The minimum absolute atomic E-state index is 0.0915. The molecule has 0 saturated carbocycles. The van der Waals surface area contributed by atoms with E-state index in [0.29, 0.717) is 34.9 Å². The summed E-state index contributed by atoms with van der Waals surface area (Å²) in [6.07, 6.45) is 2.28. The number of hydrogen-bond donors (Lipinski definition) is 1. The molecule has 204 valence electrons. The zero-order valence-electron chi connectivity index (χ0n) is 20.7. The Morgan fingerprint density at radius 2 is 1.82 bits per heavy atom. The number of ether oxygens (including phenoxy) is 2. The maximum Gasteiger partial charge on any atom is 0.516 e. The van der Waals surface area contributed by atoms with Crippen LogP contribution in [0.15, 0.2) is 47.7 Å². The lowest BCUT2D eigenvalue weighted by Gasteiger charge is -2.32. The number of aromatic nitrogens is 2. The molecule has 0 atom stereocenters. The van der Waals surface area contributed by atoms with E-state index in [0.717, 1.165) is 12.7 Å². The topological polar surface area (TPSA) is 118 Å². The lowest BCUT2D eigenvalue weighted by atomic mass is 10.2. The fraction of sp³-hybridized carbons (Fsp3) is 0.348. The zero-order valence-corrected chi connectivity index (χ0v) is 21.5. The van der Waals surface area contributed by atoms with Crippen LogP contribution >= 0.6 is 0 Å². The Labute approximate surface area is 216 Å². The van der Waals surface area contributed by atoms with Crippen LogP contribution in [0.1, 0.15) is 28.7 Å². The van der Waals surface area contributed by atoms with Crippen molar-refractivity contribution in [1.82, 2.24) is 19.0 Å². The fourth-order valence-corrected chi connectivity index (χ4v) is 4.79. The third-order valence-corrected chi connectivity index (χ3v) is 7.35. The highest BCUT2D eigenvalue weighted by molar-refractivity contribution is 7.90. The fourth-order valence-electron chi connectivity index (χ4n) is 3.90. The predicted molar refractivity (Wildman–Crippen MR) is 132 cm³/mol. The summed E-state index contributed by atoms with van der Waals surface area (Å²) in [5, 5.41) is 8.13. The first-order chi connectivity index (χ1) is 18.0. The number of amides is 1. The number of halogens is 3. The first-order valence-corrected chi connectivity index (χ1v) is 12.9. The van der Waals surface area contributed by atoms with Crippen LogP contribution < -0.4 is 15.1 Å². The quantitative estimate of drug-likeness (QED) is 0.477. The van der Waals surface area contributed by atoms with E-state index in [1.54, 1.807) is 54.1 Å². The second-order valence-electron chi connectivity index (χ2n) is 8.14. The second-order valence-corrected chi connectivity index (χ2v) is 9.99. The molecule has 0 spiro atoms. The molecule has 1 N–H and O–H groups in total. The van der Waals surface area contributed by atoms with Crippen molar-refractivity contribution < 1.29 is 35.9 Å². The van der Waals surface area contributed by atoms with E-state index >= 15 is 0 Å². The summed E-state index contributed by atoms with van der Waals surface area (Å²) in [4.78, 5) is 17.5. The molecule has 0 radical (unpaired) electrons. The van der Waals surface area contributed by atoms with Gasteiger partial charge in [0.25, 0.3) is 5.91 Å². The molecular weight excluding hydrogens is 529 g/mol. The summed E-state index contributed by atoms with van der Waals surface area (Å²) in [6.45, 7) is 1.48. The SMILES string of the molecule is CCc1nc2cc(OC)ccn2c1C(=O)NCc1ccc(N2CCN(S(=O)(=O)C(F)(F)F)C(OC)=N2)cc1. The first kappa shape index (κ1) is 27.0. The molecular formula is C23H25F3N6O5S. The zero-order chi connectivity index (χ0) is 27.7. The van der Waals surface area contributed by atoms with Gasteiger partial charge in [0.15, 0.2) is 0 Å². The Kier molecular flexibility index (Phi) is 7.40. The van der Waals surface area contributed by atoms with Gasteiger partial charge in [-0.2, -0.15) is 21.6 Å². The number of aryl methyl sites for hydroxylation is 1. The maximum absolute atomic E-state index is 13.0. The number of nitrogens with zero attached hydrogens (tertiary/aromatic N) is 5. The van der Waals surface area contributed by atoms with E-state index in [9.17, 15) is 26.4 Å². The number of hydrazone groups is 1. The van der Waals surface area contributed by atoms with Crippen molar-refractivity contribution >= 4 is 33.3 Å². The average molecular weight is 555 g/mol. The molecule has 0 fully saturated rings. The van der Waals surface area contributed by atoms with Gasteiger partial charge in [-0.15, -0.1) is 5.10 Å². The highest BCUT2D eigenvalue weighted by atomic mass is 32.2. The molecule has 11 nitrogen and oxygen atoms in total. The van der Waals surface area contributed by atoms with Crippen molar-refractivity contribution in [1.29, 1.82) is 0 Å². The molecule has 3 aromatic rings. The van der Waals surface area contributed by atoms with Gasteiger partial charge in [-0.1, -0.05) is 19.1 Å². The summed E-state index contributed by atoms with van der Waals surface area (Å²) in [7, 11) is -3.04. The highest BCUT2D eigenvalue weighted by Gasteiger charge is 2.52. The Morgan fingerprint density at radius 1 is 1.11 bits per heavy atom. The van der Waals surface area contributed by atoms with Gasteiger partial charge in [0.2, 0.25) is 0 Å². The third kappa shape index (κ3) is 5.05. The van der Waals surface area contributed by atoms with Gasteiger partial charge in [0.05, 0.1) is 38.7 Å². The maximum atomic E-state index is 13.0. The largest absolute Gasteiger partial charge is 0.516 e. The van der Waals surface area contributed by atoms with Crippen LogP contribution in [0.2, 0.25) is 0 Å². The van der Waals surface area contributed by atoms with Crippen LogP contribution in [0.25, 0.3) is 5.65 Å². The lowest BCUT2D eigenvalue weighted by molar-refractivity contribution is -0.0477. The van der Waals surface area contributed by atoms with Crippen molar-refractivity contribution in [2.45, 2.75) is 25.4 Å². The number of benzene rings is 1. The standard InChI is InChI=1S/C23H25F3N6O5S/c1-4-18-20(30-10-9-17(36-2)13-19(30)28-18)21(33)27-14-15-5-7-16(8-6-15)31-11-12-32(22(29-31)37-3)38(34,35)23(24,25)26/h5-10,13H,4,11-12,14H2,1-3H3,(H,27,33). The van der Waals surface area contributed by atoms with E-state index < -0.39 is 28.1 Å². The molecule has 1 aliphatic heterocycles. The molecule has 38 heavy (non-hydrogen) atoms. The minimum Gasteiger partial charge on any atom is -0.497 e. The summed E-state index contributed by atoms with van der Waals surface area (Å²) in [6, 6.07) is 9.54. The number of sulfonamides is 1. The molecule has 0 aliphatic carbocycles. The van der Waals surface area contributed by atoms with E-state index in [1.165, 1.54) is 5.01 Å². The highest BCUT2D eigenvalue weighted by Crippen LogP contribution is 2.29. The van der Waals surface area contributed by atoms with Crippen LogP contribution in [0.3, 0.4) is 0 Å². The Balaban J connectivity index is 1.46. The van der Waals surface area contributed by atoms with E-state index in [2.05, 4.69) is 15.4 Å². The molecule has 1 aliphatic rings. The molecule has 15 heteroatoms. The molecule has 1 aromatic carbocycles. The van der Waals surface area contributed by atoms with Gasteiger partial charge in [0, 0.05) is 18.8 Å². The van der Waals surface area contributed by atoms with E-state index in [4.69, 9.17) is 9.47 Å². The number of carbonyl (C=O) groups excluding carboxylic acids is 1. The van der Waals surface area contributed by atoms with Gasteiger partial charge in [0.1, 0.15) is 17.1 Å². The van der Waals surface area contributed by atoms with E-state index in [-0.39, 0.29) is 23.3 Å². The average Bonchev–Trinajstić information content (AvgIpc) is 3.28. The predicted octanol–water partition coefficient (Wildman–Crippen LogP) is 2.72. The van der Waals surface area contributed by atoms with Gasteiger partial charge in [-0.05, 0) is 30.2 Å². The lowest BCUT2D eigenvalue weighted by Crippen LogP contribution is -2.51. The summed E-state index contributed by atoms with van der Waals surface area (Å²) in [5.74, 6) is 0.322. The first-order valence-electron chi connectivity index (χ1n) is 11.4. The third-order valence-electron chi connectivity index (χ3n) is 5.84. The van der Waals surface area contributed by atoms with Gasteiger partial charge >= 0.3 is 21.6 Å². The molecule has 0 saturated heterocycles. The Bertz CT molecular complexity index is 1470. The van der Waals surface area contributed by atoms with Crippen LogP contribution in [0.4, 0.5) is 18.9 Å². The number of rotatable bonds is 7. The number of methoxy groups -OCH3 is 2. The number of nitrogens with one attached hydrogen (secondary N) is 1. The molecule has 2 aromatic heterocycles. The monoisotopic (exact) mass is 554 g/mol. The number of fused-ring (bicyclic) bond motifs is 1. The van der Waals surface area contributed by atoms with Gasteiger partial charge in [-0.3, -0.25) is 14.2 Å². The van der Waals surface area contributed by atoms with Gasteiger partial charge < -0.3 is 14.8 Å². The molecule has 0 bridgehead atoms. The summed E-state index contributed by atoms with van der Waals surface area (Å²) in [5.41, 5.74) is -2.56. The minimum atomic E-state index is -5.63. The number of anilines is 1. The van der Waals surface area contributed by atoms with Crippen molar-refractivity contribution in [3.8, 4) is 5.75 Å². The number of pyridine rings is 1. The van der Waals surface area contributed by atoms with Gasteiger partial charge in [-0.25, -0.2) is 9.29 Å². The molecule has 0 unspecified atom stereocenters. The van der Waals surface area contributed by atoms with Crippen molar-refractivity contribution in [3.05, 3.63) is 59.5 Å². The number of alkyl halides is 3. The number of imidazole rings is 1. The Morgan fingerprint density at radius 3 is 2.42 bits per heavy atom. The smallest absolute Gasteiger partial charge is 0.497 e. The van der Waals surface area contributed by atoms with Crippen molar-refractivity contribution in [3.63, 3.8) is 0 Å². The summed E-state index contributed by atoms with van der Waals surface area (Å²) >= 11 is 0. The summed E-state index contributed by atoms with van der Waals surface area (Å²) < 4.78 is 74.3. The van der Waals surface area contributed by atoms with Crippen LogP contribution in [0, 0.1) is 0 Å². The normalized spacial score (nSPS) is 14.4. The van der Waals surface area contributed by atoms with Crippen LogP contribution in [-0.2, 0) is 27.7 Å². The molecule has 3 heterocycles. The van der Waals surface area contributed by atoms with E-state index in [1.807, 2.05) is 6.92 Å². The number of hydrogen-bond acceptors (Lipinski definition) is 8. The van der Waals surface area contributed by atoms with Crippen molar-refractivity contribution in [2.75, 3.05) is 32.3 Å². The van der Waals surface area contributed by atoms with Crippen LogP contribution in [0.5, 0.6) is 5.75 Å². The number of amidine groups is 1. The molecule has 4 rings (SSSR count). The molecule has 1 amide bonds. The Hall–Kier alpha value is -4.01. The van der Waals surface area contributed by atoms with Crippen LogP contribution in [-0.4, -0.2) is 66.9 Å². The number of carbonyl (C=O) groups is 1. The van der Waals surface area contributed by atoms with Crippen molar-refractivity contribution in [2.24, 2.45) is 5.10 Å².